The number of aryl methyl sites for hydroxylation is 1. The van der Waals surface area contributed by atoms with Crippen LogP contribution in [0.5, 0.6) is 0 Å². The first-order chi connectivity index (χ1) is 7.58. The van der Waals surface area contributed by atoms with Crippen LogP contribution in [0.15, 0.2) is 18.2 Å². The molecule has 94 valence electrons. The van der Waals surface area contributed by atoms with E-state index in [9.17, 15) is 4.79 Å². The van der Waals surface area contributed by atoms with Crippen LogP contribution in [-0.4, -0.2) is 29.9 Å². The third-order valence-electron chi connectivity index (χ3n) is 2.87. The molecule has 0 spiro atoms. The lowest BCUT2D eigenvalue weighted by atomic mass is 10.1. The number of benzene rings is 1. The summed E-state index contributed by atoms with van der Waals surface area (Å²) in [5, 5.41) is 0.519. The van der Waals surface area contributed by atoms with Crippen molar-refractivity contribution >= 4 is 29.9 Å². The molecule has 2 rings (SSSR count). The van der Waals surface area contributed by atoms with Gasteiger partial charge in [0.05, 0.1) is 10.6 Å². The number of carbonyl (C=O) groups excluding carboxylic acids is 1. The molecule has 17 heavy (non-hydrogen) atoms. The molecule has 1 amide bonds. The number of amides is 1. The van der Waals surface area contributed by atoms with Crippen molar-refractivity contribution in [3.05, 3.63) is 34.3 Å². The lowest BCUT2D eigenvalue weighted by Crippen LogP contribution is -2.32. The molecule has 0 saturated carbocycles. The molecule has 1 aliphatic rings. The topological polar surface area (TPSA) is 46.3 Å². The average molecular weight is 275 g/mol. The van der Waals surface area contributed by atoms with Gasteiger partial charge in [0.15, 0.2) is 0 Å². The predicted octanol–water partition coefficient (Wildman–Crippen LogP) is 2.24. The number of rotatable bonds is 1. The van der Waals surface area contributed by atoms with Crippen LogP contribution in [0, 0.1) is 6.92 Å². The summed E-state index contributed by atoms with van der Waals surface area (Å²) in [6.07, 6.45) is 0.870. The van der Waals surface area contributed by atoms with Gasteiger partial charge in [0.2, 0.25) is 0 Å². The number of hydrogen-bond donors (Lipinski definition) is 1. The van der Waals surface area contributed by atoms with Gasteiger partial charge in [-0.15, -0.1) is 12.4 Å². The van der Waals surface area contributed by atoms with Crippen molar-refractivity contribution in [1.82, 2.24) is 4.90 Å². The van der Waals surface area contributed by atoms with Crippen molar-refractivity contribution in [3.63, 3.8) is 0 Å². The van der Waals surface area contributed by atoms with Gasteiger partial charge in [-0.1, -0.05) is 17.7 Å². The summed E-state index contributed by atoms with van der Waals surface area (Å²) in [5.74, 6) is -0.0158. The maximum Gasteiger partial charge on any atom is 0.255 e. The molecule has 2 N–H and O–H groups in total. The largest absolute Gasteiger partial charge is 0.337 e. The zero-order valence-corrected chi connectivity index (χ0v) is 11.2. The van der Waals surface area contributed by atoms with Gasteiger partial charge in [0, 0.05) is 19.1 Å². The van der Waals surface area contributed by atoms with Gasteiger partial charge < -0.3 is 10.6 Å². The zero-order valence-electron chi connectivity index (χ0n) is 9.65. The van der Waals surface area contributed by atoms with Crippen LogP contribution in [0.2, 0.25) is 5.02 Å². The van der Waals surface area contributed by atoms with E-state index in [0.717, 1.165) is 18.5 Å². The van der Waals surface area contributed by atoms with Gasteiger partial charge in [0.25, 0.3) is 5.91 Å². The molecular weight excluding hydrogens is 259 g/mol. The molecule has 1 saturated heterocycles. The number of nitrogens with zero attached hydrogens (tertiary/aromatic N) is 1. The minimum Gasteiger partial charge on any atom is -0.337 e. The Morgan fingerprint density at radius 2 is 2.24 bits per heavy atom. The Morgan fingerprint density at radius 3 is 2.76 bits per heavy atom. The van der Waals surface area contributed by atoms with Gasteiger partial charge >= 0.3 is 0 Å². The summed E-state index contributed by atoms with van der Waals surface area (Å²) < 4.78 is 0. The fourth-order valence-electron chi connectivity index (χ4n) is 1.94. The lowest BCUT2D eigenvalue weighted by Gasteiger charge is -2.16. The van der Waals surface area contributed by atoms with Crippen LogP contribution in [0.3, 0.4) is 0 Å². The highest BCUT2D eigenvalue weighted by molar-refractivity contribution is 6.33. The fraction of sp³-hybridized carbons (Fsp3) is 0.417. The van der Waals surface area contributed by atoms with Crippen molar-refractivity contribution in [3.8, 4) is 0 Å². The van der Waals surface area contributed by atoms with Crippen LogP contribution < -0.4 is 5.73 Å². The Balaban J connectivity index is 0.00000144. The van der Waals surface area contributed by atoms with Crippen LogP contribution in [0.25, 0.3) is 0 Å². The maximum atomic E-state index is 12.1. The highest BCUT2D eigenvalue weighted by Crippen LogP contribution is 2.21. The van der Waals surface area contributed by atoms with Crippen molar-refractivity contribution in [1.29, 1.82) is 0 Å². The summed E-state index contributed by atoms with van der Waals surface area (Å²) in [5.41, 5.74) is 7.40. The van der Waals surface area contributed by atoms with E-state index in [1.807, 2.05) is 19.1 Å². The SMILES string of the molecule is Cc1ccc(C(=O)N2CCC(N)C2)c(Cl)c1.Cl. The van der Waals surface area contributed by atoms with Crippen molar-refractivity contribution in [2.45, 2.75) is 19.4 Å². The predicted molar refractivity (Wildman–Crippen MR) is 71.9 cm³/mol. The first-order valence-corrected chi connectivity index (χ1v) is 5.76. The molecule has 1 aromatic carbocycles. The van der Waals surface area contributed by atoms with Gasteiger partial charge in [-0.05, 0) is 31.0 Å². The number of nitrogens with two attached hydrogens (primary N) is 1. The van der Waals surface area contributed by atoms with Gasteiger partial charge in [-0.2, -0.15) is 0 Å². The summed E-state index contributed by atoms with van der Waals surface area (Å²) in [6, 6.07) is 5.59. The van der Waals surface area contributed by atoms with Crippen molar-refractivity contribution < 1.29 is 4.79 Å². The fourth-order valence-corrected chi connectivity index (χ4v) is 2.25. The van der Waals surface area contributed by atoms with E-state index in [0.29, 0.717) is 17.1 Å². The normalized spacial score (nSPS) is 19.0. The summed E-state index contributed by atoms with van der Waals surface area (Å²) >= 11 is 6.06. The van der Waals surface area contributed by atoms with E-state index in [1.54, 1.807) is 11.0 Å². The molecule has 1 aromatic rings. The number of likely N-dealkylation sites (tertiary alicyclic amines) is 1. The first kappa shape index (κ1) is 14.3. The summed E-state index contributed by atoms with van der Waals surface area (Å²) in [6.45, 7) is 3.30. The Hall–Kier alpha value is -0.770. The quantitative estimate of drug-likeness (QED) is 0.854. The second kappa shape index (κ2) is 5.71. The molecular formula is C12H16Cl2N2O. The van der Waals surface area contributed by atoms with Crippen molar-refractivity contribution in [2.75, 3.05) is 13.1 Å². The van der Waals surface area contributed by atoms with Gasteiger partial charge in [-0.3, -0.25) is 4.79 Å². The standard InChI is InChI=1S/C12H15ClN2O.ClH/c1-8-2-3-10(11(13)6-8)12(16)15-5-4-9(14)7-15;/h2-3,6,9H,4-5,7,14H2,1H3;1H. The van der Waals surface area contributed by atoms with Crippen LogP contribution >= 0.6 is 24.0 Å². The van der Waals surface area contributed by atoms with E-state index >= 15 is 0 Å². The number of hydrogen-bond acceptors (Lipinski definition) is 2. The molecule has 1 fully saturated rings. The van der Waals surface area contributed by atoms with Crippen LogP contribution in [0.4, 0.5) is 0 Å². The number of carbonyl (C=O) groups is 1. The second-order valence-electron chi connectivity index (χ2n) is 4.28. The average Bonchev–Trinajstić information content (AvgIpc) is 2.64. The molecule has 1 heterocycles. The lowest BCUT2D eigenvalue weighted by molar-refractivity contribution is 0.0791. The van der Waals surface area contributed by atoms with Gasteiger partial charge in [0.1, 0.15) is 0 Å². The van der Waals surface area contributed by atoms with Crippen molar-refractivity contribution in [2.24, 2.45) is 5.73 Å². The smallest absolute Gasteiger partial charge is 0.255 e. The zero-order chi connectivity index (χ0) is 11.7. The highest BCUT2D eigenvalue weighted by atomic mass is 35.5. The molecule has 1 unspecified atom stereocenters. The van der Waals surface area contributed by atoms with Crippen LogP contribution in [0.1, 0.15) is 22.3 Å². The minimum absolute atomic E-state index is 0. The number of halogens is 2. The van der Waals surface area contributed by atoms with Crippen LogP contribution in [-0.2, 0) is 0 Å². The molecule has 0 aromatic heterocycles. The third kappa shape index (κ3) is 3.12. The minimum atomic E-state index is -0.0158. The van der Waals surface area contributed by atoms with E-state index in [1.165, 1.54) is 0 Å². The Bertz CT molecular complexity index is 423. The van der Waals surface area contributed by atoms with E-state index in [4.69, 9.17) is 17.3 Å². The molecule has 5 heteroatoms. The third-order valence-corrected chi connectivity index (χ3v) is 3.18. The van der Waals surface area contributed by atoms with Gasteiger partial charge in [-0.25, -0.2) is 0 Å². The Morgan fingerprint density at radius 1 is 1.53 bits per heavy atom. The Labute approximate surface area is 112 Å². The van der Waals surface area contributed by atoms with E-state index in [-0.39, 0.29) is 24.4 Å². The highest BCUT2D eigenvalue weighted by Gasteiger charge is 2.25. The van der Waals surface area contributed by atoms with E-state index < -0.39 is 0 Å². The maximum absolute atomic E-state index is 12.1. The Kier molecular flexibility index (Phi) is 4.80. The molecule has 0 bridgehead atoms. The molecule has 0 aliphatic carbocycles. The molecule has 0 radical (unpaired) electrons. The van der Waals surface area contributed by atoms with E-state index in [2.05, 4.69) is 0 Å². The molecule has 1 aliphatic heterocycles. The second-order valence-corrected chi connectivity index (χ2v) is 4.69. The first-order valence-electron chi connectivity index (χ1n) is 5.39. The summed E-state index contributed by atoms with van der Waals surface area (Å²) in [7, 11) is 0. The molecule has 3 nitrogen and oxygen atoms in total. The molecule has 1 atom stereocenters. The summed E-state index contributed by atoms with van der Waals surface area (Å²) in [4.78, 5) is 13.9. The monoisotopic (exact) mass is 274 g/mol.